The Bertz CT molecular complexity index is 2010. The highest BCUT2D eigenvalue weighted by molar-refractivity contribution is 6.34. The number of methoxy groups -OCH3 is 2. The number of nitrogens with zero attached hydrogens (tertiary/aromatic N) is 2. The molecule has 2 aliphatic rings. The second-order valence-corrected chi connectivity index (χ2v) is 12.1. The number of likely N-dealkylation sites (N-methyl/N-ethyl adjacent to an activating group) is 1. The van der Waals surface area contributed by atoms with Gasteiger partial charge in [0, 0.05) is 11.6 Å². The lowest BCUT2D eigenvalue weighted by Crippen LogP contribution is -2.46. The Balaban J connectivity index is 1.42. The van der Waals surface area contributed by atoms with Crippen molar-refractivity contribution in [3.8, 4) is 33.8 Å². The third-order valence-corrected chi connectivity index (χ3v) is 9.23. The number of amidine groups is 1. The lowest BCUT2D eigenvalue weighted by Gasteiger charge is -2.34. The van der Waals surface area contributed by atoms with E-state index in [0.29, 0.717) is 33.5 Å². The maximum Gasteiger partial charge on any atom is 0.245 e. The summed E-state index contributed by atoms with van der Waals surface area (Å²) in [6.45, 7) is -0.307. The van der Waals surface area contributed by atoms with E-state index in [1.54, 1.807) is 14.2 Å². The fraction of sp³-hybridized carbons (Fsp3) is 0.146. The summed E-state index contributed by atoms with van der Waals surface area (Å²) in [5.74, 6) is 2.16. The van der Waals surface area contributed by atoms with E-state index in [1.165, 1.54) is 0 Å². The van der Waals surface area contributed by atoms with Crippen LogP contribution in [-0.4, -0.2) is 37.3 Å². The van der Waals surface area contributed by atoms with Gasteiger partial charge in [-0.1, -0.05) is 72.8 Å². The molecule has 0 saturated heterocycles. The molecule has 2 N–H and O–H groups in total. The van der Waals surface area contributed by atoms with Gasteiger partial charge in [0.2, 0.25) is 5.84 Å². The molecule has 7 rings (SSSR count). The first-order valence-corrected chi connectivity index (χ1v) is 15.7. The normalized spacial score (nSPS) is 16.3. The standard InChI is InChI=1S/C41H37N2O4/c1-43-15-14-42-41(43)37(21-33-20-34(25-44)35(26-45)22-38(33)43)36-24-40(47-3)39(46-2)23-32(36)18-27-16-30(28-10-6-4-7-11-28)19-31(17-27)29-12-8-5-9-13-29/h4-17,19-24,44-45H,18,25-26H2,1-3H3/q+1. The van der Waals surface area contributed by atoms with E-state index in [2.05, 4.69) is 92.1 Å². The maximum absolute atomic E-state index is 10.1. The predicted octanol–water partition coefficient (Wildman–Crippen LogP) is 7.99. The molecule has 0 aromatic heterocycles. The topological polar surface area (TPSA) is 71.3 Å². The molecule has 0 saturated carbocycles. The van der Waals surface area contributed by atoms with Crippen LogP contribution in [0.5, 0.6) is 11.5 Å². The van der Waals surface area contributed by atoms with Gasteiger partial charge in [0.25, 0.3) is 0 Å². The van der Waals surface area contributed by atoms with Crippen LogP contribution in [0.2, 0.25) is 0 Å². The zero-order valence-corrected chi connectivity index (χ0v) is 26.8. The van der Waals surface area contributed by atoms with Crippen molar-refractivity contribution in [1.82, 2.24) is 4.48 Å². The van der Waals surface area contributed by atoms with E-state index in [4.69, 9.17) is 14.5 Å². The average molecular weight is 622 g/mol. The molecule has 2 heterocycles. The number of hydrogen-bond donors (Lipinski definition) is 2. The Kier molecular flexibility index (Phi) is 8.08. The highest BCUT2D eigenvalue weighted by Crippen LogP contribution is 2.45. The van der Waals surface area contributed by atoms with E-state index in [-0.39, 0.29) is 13.2 Å². The molecule has 6 heteroatoms. The number of benzene rings is 5. The Hall–Kier alpha value is -5.27. The van der Waals surface area contributed by atoms with Gasteiger partial charge in [-0.05, 0) is 86.8 Å². The van der Waals surface area contributed by atoms with E-state index in [0.717, 1.165) is 61.6 Å². The van der Waals surface area contributed by atoms with Gasteiger partial charge in [-0.25, -0.2) is 4.48 Å². The van der Waals surface area contributed by atoms with Gasteiger partial charge in [-0.15, -0.1) is 0 Å². The zero-order valence-electron chi connectivity index (χ0n) is 26.8. The van der Waals surface area contributed by atoms with Crippen molar-refractivity contribution in [3.63, 3.8) is 0 Å². The van der Waals surface area contributed by atoms with Gasteiger partial charge in [0.1, 0.15) is 6.20 Å². The maximum atomic E-state index is 10.1. The number of aliphatic hydroxyl groups is 2. The molecule has 0 aliphatic carbocycles. The zero-order chi connectivity index (χ0) is 32.5. The quantitative estimate of drug-likeness (QED) is 0.164. The van der Waals surface area contributed by atoms with Crippen molar-refractivity contribution in [2.45, 2.75) is 19.6 Å². The second kappa shape index (κ2) is 12.5. The van der Waals surface area contributed by atoms with Crippen LogP contribution >= 0.6 is 0 Å². The Morgan fingerprint density at radius 1 is 0.660 bits per heavy atom. The van der Waals surface area contributed by atoms with Crippen LogP contribution in [0, 0.1) is 0 Å². The largest absolute Gasteiger partial charge is 0.493 e. The lowest BCUT2D eigenvalue weighted by molar-refractivity contribution is 0.260. The number of ether oxygens (including phenoxy) is 2. The fourth-order valence-corrected chi connectivity index (χ4v) is 6.79. The Labute approximate surface area is 275 Å². The van der Waals surface area contributed by atoms with Crippen LogP contribution in [0.15, 0.2) is 121 Å². The summed E-state index contributed by atoms with van der Waals surface area (Å²) in [5.41, 5.74) is 12.2. The van der Waals surface area contributed by atoms with E-state index in [1.807, 2.05) is 36.5 Å². The summed E-state index contributed by atoms with van der Waals surface area (Å²) in [6.07, 6.45) is 6.67. The molecular formula is C41H37N2O4+. The number of rotatable bonds is 9. The minimum atomic E-state index is -0.157. The molecule has 0 radical (unpaired) electrons. The molecule has 0 amide bonds. The van der Waals surface area contributed by atoms with E-state index in [9.17, 15) is 10.2 Å². The molecule has 234 valence electrons. The first-order chi connectivity index (χ1) is 22.9. The molecule has 0 fully saturated rings. The van der Waals surface area contributed by atoms with Crippen LogP contribution in [0.4, 0.5) is 5.69 Å². The van der Waals surface area contributed by atoms with Crippen molar-refractivity contribution < 1.29 is 19.7 Å². The van der Waals surface area contributed by atoms with E-state index >= 15 is 0 Å². The Morgan fingerprint density at radius 2 is 1.26 bits per heavy atom. The molecule has 0 spiro atoms. The van der Waals surface area contributed by atoms with Crippen LogP contribution < -0.4 is 14.0 Å². The number of aliphatic imine (C=N–C) groups is 1. The number of hydrogen-bond acceptors (Lipinski definition) is 5. The summed E-state index contributed by atoms with van der Waals surface area (Å²) in [4.78, 5) is 4.89. The monoisotopic (exact) mass is 621 g/mol. The van der Waals surface area contributed by atoms with Gasteiger partial charge >= 0.3 is 0 Å². The van der Waals surface area contributed by atoms with E-state index < -0.39 is 0 Å². The molecule has 1 atom stereocenters. The second-order valence-electron chi connectivity index (χ2n) is 12.1. The Morgan fingerprint density at radius 3 is 1.85 bits per heavy atom. The summed E-state index contributed by atoms with van der Waals surface area (Å²) in [7, 11) is 5.42. The average Bonchev–Trinajstić information content (AvgIpc) is 3.53. The van der Waals surface area contributed by atoms with Crippen LogP contribution in [-0.2, 0) is 19.6 Å². The first-order valence-electron chi connectivity index (χ1n) is 15.7. The van der Waals surface area contributed by atoms with Gasteiger partial charge < -0.3 is 19.7 Å². The van der Waals surface area contributed by atoms with Gasteiger partial charge in [0.15, 0.2) is 17.2 Å². The number of fused-ring (bicyclic) bond motifs is 3. The minimum absolute atomic E-state index is 0.150. The third-order valence-electron chi connectivity index (χ3n) is 9.23. The van der Waals surface area contributed by atoms with Crippen LogP contribution in [0.1, 0.15) is 33.4 Å². The number of quaternary nitrogens is 1. The summed E-state index contributed by atoms with van der Waals surface area (Å²) < 4.78 is 12.0. The predicted molar refractivity (Wildman–Crippen MR) is 190 cm³/mol. The molecule has 1 unspecified atom stereocenters. The van der Waals surface area contributed by atoms with Crippen molar-refractivity contribution in [2.24, 2.45) is 4.99 Å². The summed E-state index contributed by atoms with van der Waals surface area (Å²) >= 11 is 0. The van der Waals surface area contributed by atoms with Crippen LogP contribution in [0.25, 0.3) is 33.9 Å². The lowest BCUT2D eigenvalue weighted by atomic mass is 9.87. The minimum Gasteiger partial charge on any atom is -0.493 e. The molecule has 5 aromatic carbocycles. The van der Waals surface area contributed by atoms with Crippen molar-refractivity contribution >= 4 is 23.2 Å². The fourth-order valence-electron chi connectivity index (χ4n) is 6.79. The molecule has 0 bridgehead atoms. The van der Waals surface area contributed by atoms with Crippen molar-refractivity contribution in [3.05, 3.63) is 149 Å². The molecule has 47 heavy (non-hydrogen) atoms. The highest BCUT2D eigenvalue weighted by Gasteiger charge is 2.42. The summed E-state index contributed by atoms with van der Waals surface area (Å²) in [5, 5.41) is 20.2. The van der Waals surface area contributed by atoms with Gasteiger partial charge in [0.05, 0.1) is 46.3 Å². The van der Waals surface area contributed by atoms with Gasteiger partial charge in [-0.2, -0.15) is 4.99 Å². The highest BCUT2D eigenvalue weighted by atomic mass is 16.5. The van der Waals surface area contributed by atoms with Crippen molar-refractivity contribution in [1.29, 1.82) is 0 Å². The summed E-state index contributed by atoms with van der Waals surface area (Å²) in [6, 6.07) is 35.8. The first kappa shape index (κ1) is 30.4. The number of aliphatic hydroxyl groups excluding tert-OH is 2. The molecule has 6 nitrogen and oxygen atoms in total. The molecule has 2 aliphatic heterocycles. The van der Waals surface area contributed by atoms with Gasteiger partial charge in [-0.3, -0.25) is 0 Å². The van der Waals surface area contributed by atoms with Crippen LogP contribution in [0.3, 0.4) is 0 Å². The third kappa shape index (κ3) is 5.47. The molecule has 5 aromatic rings. The van der Waals surface area contributed by atoms with Crippen molar-refractivity contribution in [2.75, 3.05) is 21.3 Å². The molecular weight excluding hydrogens is 584 g/mol. The SMILES string of the molecule is COc1cc(Cc2cc(-c3ccccc3)cc(-c3ccccc3)c2)c(C2=Cc3cc(CO)c(CO)cc3[N+]3(C)C=CN=C23)cc1OC. The smallest absolute Gasteiger partial charge is 0.245 e.